The number of aliphatic hydroxyl groups excluding tert-OH is 1. The van der Waals surface area contributed by atoms with E-state index >= 15 is 0 Å². The molecule has 1 rings (SSSR count). The number of carbonyl (C=O) groups excluding carboxylic acids is 1. The Balaban J connectivity index is 2.84. The van der Waals surface area contributed by atoms with E-state index in [1.807, 2.05) is 0 Å². The Labute approximate surface area is 93.4 Å². The molecule has 6 nitrogen and oxygen atoms in total. The molecule has 3 N–H and O–H groups in total. The van der Waals surface area contributed by atoms with E-state index < -0.39 is 5.91 Å². The van der Waals surface area contributed by atoms with E-state index in [0.29, 0.717) is 18.9 Å². The van der Waals surface area contributed by atoms with Crippen LogP contribution in [0.1, 0.15) is 10.5 Å². The highest BCUT2D eigenvalue weighted by Crippen LogP contribution is 2.08. The SMILES string of the molecule is C=CCN(CCO)c1ccc(C(N)=O)nn1. The molecule has 86 valence electrons. The van der Waals surface area contributed by atoms with E-state index in [9.17, 15) is 4.79 Å². The van der Waals surface area contributed by atoms with Gasteiger partial charge in [-0.3, -0.25) is 4.79 Å². The fourth-order valence-corrected chi connectivity index (χ4v) is 1.20. The average Bonchev–Trinajstić information content (AvgIpc) is 2.29. The van der Waals surface area contributed by atoms with Crippen LogP contribution < -0.4 is 10.6 Å². The number of hydrogen-bond donors (Lipinski definition) is 2. The van der Waals surface area contributed by atoms with E-state index in [4.69, 9.17) is 10.8 Å². The quantitative estimate of drug-likeness (QED) is 0.636. The third kappa shape index (κ3) is 3.03. The number of aliphatic hydroxyl groups is 1. The number of nitrogens with two attached hydrogens (primary N) is 1. The van der Waals surface area contributed by atoms with Gasteiger partial charge in [0.1, 0.15) is 0 Å². The van der Waals surface area contributed by atoms with E-state index in [-0.39, 0.29) is 12.3 Å². The molecule has 16 heavy (non-hydrogen) atoms. The maximum Gasteiger partial charge on any atom is 0.269 e. The predicted molar refractivity (Wildman–Crippen MR) is 60.0 cm³/mol. The average molecular weight is 222 g/mol. The number of hydrogen-bond acceptors (Lipinski definition) is 5. The Morgan fingerprint density at radius 2 is 2.31 bits per heavy atom. The Hall–Kier alpha value is -1.95. The normalized spacial score (nSPS) is 9.81. The lowest BCUT2D eigenvalue weighted by Gasteiger charge is -2.20. The van der Waals surface area contributed by atoms with Crippen molar-refractivity contribution < 1.29 is 9.90 Å². The van der Waals surface area contributed by atoms with Crippen LogP contribution in [0.15, 0.2) is 24.8 Å². The fourth-order valence-electron chi connectivity index (χ4n) is 1.20. The first-order valence-electron chi connectivity index (χ1n) is 4.79. The van der Waals surface area contributed by atoms with E-state index in [1.54, 1.807) is 17.0 Å². The molecule has 1 heterocycles. The number of aromatic nitrogens is 2. The van der Waals surface area contributed by atoms with Crippen molar-refractivity contribution in [2.75, 3.05) is 24.6 Å². The zero-order valence-electron chi connectivity index (χ0n) is 8.83. The number of amides is 1. The highest BCUT2D eigenvalue weighted by molar-refractivity contribution is 5.90. The van der Waals surface area contributed by atoms with E-state index in [2.05, 4.69) is 16.8 Å². The Morgan fingerprint density at radius 1 is 1.56 bits per heavy atom. The van der Waals surface area contributed by atoms with Crippen molar-refractivity contribution in [3.8, 4) is 0 Å². The number of nitrogens with zero attached hydrogens (tertiary/aromatic N) is 3. The maximum absolute atomic E-state index is 10.8. The molecule has 0 aliphatic carbocycles. The van der Waals surface area contributed by atoms with Crippen molar-refractivity contribution in [3.05, 3.63) is 30.5 Å². The molecular weight excluding hydrogens is 208 g/mol. The number of rotatable bonds is 6. The van der Waals surface area contributed by atoms with Crippen LogP contribution in [0.3, 0.4) is 0 Å². The Kier molecular flexibility index (Phi) is 4.41. The van der Waals surface area contributed by atoms with Gasteiger partial charge in [-0.1, -0.05) is 6.08 Å². The molecule has 0 radical (unpaired) electrons. The maximum atomic E-state index is 10.8. The minimum absolute atomic E-state index is 0.00703. The van der Waals surface area contributed by atoms with E-state index in [1.165, 1.54) is 6.07 Å². The molecule has 0 saturated heterocycles. The molecule has 0 saturated carbocycles. The largest absolute Gasteiger partial charge is 0.395 e. The van der Waals surface area contributed by atoms with Crippen molar-refractivity contribution in [1.82, 2.24) is 10.2 Å². The van der Waals surface area contributed by atoms with Crippen LogP contribution in [0.25, 0.3) is 0 Å². The molecule has 0 aliphatic rings. The third-order valence-corrected chi connectivity index (χ3v) is 1.95. The van der Waals surface area contributed by atoms with Gasteiger partial charge in [0, 0.05) is 13.1 Å². The zero-order valence-corrected chi connectivity index (χ0v) is 8.83. The second-order valence-electron chi connectivity index (χ2n) is 3.10. The second-order valence-corrected chi connectivity index (χ2v) is 3.10. The molecule has 0 unspecified atom stereocenters. The number of primary amides is 1. The first-order valence-corrected chi connectivity index (χ1v) is 4.79. The van der Waals surface area contributed by atoms with Crippen molar-refractivity contribution in [1.29, 1.82) is 0 Å². The molecule has 1 amide bonds. The van der Waals surface area contributed by atoms with Gasteiger partial charge >= 0.3 is 0 Å². The van der Waals surface area contributed by atoms with Gasteiger partial charge in [0.05, 0.1) is 6.61 Å². The molecule has 0 atom stereocenters. The molecule has 0 bridgehead atoms. The van der Waals surface area contributed by atoms with Gasteiger partial charge in [-0.2, -0.15) is 0 Å². The summed E-state index contributed by atoms with van der Waals surface area (Å²) in [6, 6.07) is 3.13. The van der Waals surface area contributed by atoms with Gasteiger partial charge in [-0.15, -0.1) is 16.8 Å². The highest BCUT2D eigenvalue weighted by atomic mass is 16.3. The minimum atomic E-state index is -0.614. The Morgan fingerprint density at radius 3 is 2.75 bits per heavy atom. The first-order chi connectivity index (χ1) is 7.69. The van der Waals surface area contributed by atoms with Crippen LogP contribution in [0.2, 0.25) is 0 Å². The molecule has 0 aliphatic heterocycles. The van der Waals surface area contributed by atoms with Crippen molar-refractivity contribution in [3.63, 3.8) is 0 Å². The summed E-state index contributed by atoms with van der Waals surface area (Å²) in [6.07, 6.45) is 1.69. The van der Waals surface area contributed by atoms with Crippen LogP contribution in [0.4, 0.5) is 5.82 Å². The van der Waals surface area contributed by atoms with Gasteiger partial charge in [-0.25, -0.2) is 0 Å². The summed E-state index contributed by atoms with van der Waals surface area (Å²) in [7, 11) is 0. The summed E-state index contributed by atoms with van der Waals surface area (Å²) in [5.74, 6) is -0.0459. The summed E-state index contributed by atoms with van der Waals surface area (Å²) in [6.45, 7) is 4.59. The van der Waals surface area contributed by atoms with Gasteiger partial charge in [-0.05, 0) is 12.1 Å². The van der Waals surface area contributed by atoms with Gasteiger partial charge < -0.3 is 15.7 Å². The Bertz CT molecular complexity index is 364. The van der Waals surface area contributed by atoms with E-state index in [0.717, 1.165) is 0 Å². The molecule has 6 heteroatoms. The lowest BCUT2D eigenvalue weighted by atomic mass is 10.3. The van der Waals surface area contributed by atoms with Gasteiger partial charge in [0.2, 0.25) is 0 Å². The monoisotopic (exact) mass is 222 g/mol. The molecular formula is C10H14N4O2. The molecule has 0 aromatic carbocycles. The lowest BCUT2D eigenvalue weighted by Crippen LogP contribution is -2.28. The lowest BCUT2D eigenvalue weighted by molar-refractivity contribution is 0.0994. The second kappa shape index (κ2) is 5.82. The number of anilines is 1. The number of carbonyl (C=O) groups is 1. The first kappa shape index (κ1) is 12.1. The highest BCUT2D eigenvalue weighted by Gasteiger charge is 2.08. The van der Waals surface area contributed by atoms with Crippen molar-refractivity contribution >= 4 is 11.7 Å². The molecule has 0 fully saturated rings. The molecule has 1 aromatic heterocycles. The fraction of sp³-hybridized carbons (Fsp3) is 0.300. The van der Waals surface area contributed by atoms with Crippen LogP contribution >= 0.6 is 0 Å². The van der Waals surface area contributed by atoms with Crippen molar-refractivity contribution in [2.45, 2.75) is 0 Å². The van der Waals surface area contributed by atoms with Gasteiger partial charge in [0.15, 0.2) is 11.5 Å². The standard InChI is InChI=1S/C10H14N4O2/c1-2-5-14(6-7-15)9-4-3-8(10(11)16)12-13-9/h2-4,15H,1,5-7H2,(H2,11,16). The van der Waals surface area contributed by atoms with Crippen LogP contribution in [0, 0.1) is 0 Å². The third-order valence-electron chi connectivity index (χ3n) is 1.95. The molecule has 0 spiro atoms. The van der Waals surface area contributed by atoms with Gasteiger partial charge in [0.25, 0.3) is 5.91 Å². The van der Waals surface area contributed by atoms with Crippen LogP contribution in [0.5, 0.6) is 0 Å². The smallest absolute Gasteiger partial charge is 0.269 e. The minimum Gasteiger partial charge on any atom is -0.395 e. The summed E-state index contributed by atoms with van der Waals surface area (Å²) in [5, 5.41) is 16.4. The summed E-state index contributed by atoms with van der Waals surface area (Å²) < 4.78 is 0. The topological polar surface area (TPSA) is 92.3 Å². The summed E-state index contributed by atoms with van der Waals surface area (Å²) in [4.78, 5) is 12.6. The summed E-state index contributed by atoms with van der Waals surface area (Å²) in [5.41, 5.74) is 5.16. The summed E-state index contributed by atoms with van der Waals surface area (Å²) >= 11 is 0. The van der Waals surface area contributed by atoms with Crippen LogP contribution in [-0.4, -0.2) is 40.9 Å². The van der Waals surface area contributed by atoms with Crippen molar-refractivity contribution in [2.24, 2.45) is 5.73 Å². The zero-order chi connectivity index (χ0) is 12.0. The van der Waals surface area contributed by atoms with Crippen LogP contribution in [-0.2, 0) is 0 Å². The molecule has 1 aromatic rings. The predicted octanol–water partition coefficient (Wildman–Crippen LogP) is -0.440.